The van der Waals surface area contributed by atoms with Crippen LogP contribution < -0.4 is 4.90 Å². The van der Waals surface area contributed by atoms with Crippen molar-refractivity contribution in [1.82, 2.24) is 9.88 Å². The van der Waals surface area contributed by atoms with Crippen LogP contribution in [0.3, 0.4) is 0 Å². The molecule has 4 nitrogen and oxygen atoms in total. The number of hydrogen-bond donors (Lipinski definition) is 0. The van der Waals surface area contributed by atoms with Gasteiger partial charge in [0.25, 0.3) is 0 Å². The second-order valence-corrected chi connectivity index (χ2v) is 7.53. The third-order valence-corrected chi connectivity index (χ3v) is 5.52. The van der Waals surface area contributed by atoms with Crippen molar-refractivity contribution in [2.45, 2.75) is 13.8 Å². The standard InChI is InChI=1S/C24H28N4S/c1-3-27(4-2)19-20-29-24(26-21-13-7-5-8-14-21)28(22-15-9-6-10-16-22)23-17-11-12-18-25-23/h5-18H,3-4,19-20H2,1-2H3. The Labute approximate surface area is 178 Å². The van der Waals surface area contributed by atoms with Crippen molar-refractivity contribution < 1.29 is 0 Å². The monoisotopic (exact) mass is 404 g/mol. The van der Waals surface area contributed by atoms with Crippen molar-refractivity contribution in [3.63, 3.8) is 0 Å². The van der Waals surface area contributed by atoms with E-state index < -0.39 is 0 Å². The van der Waals surface area contributed by atoms with Crippen LogP contribution in [0.1, 0.15) is 13.8 Å². The summed E-state index contributed by atoms with van der Waals surface area (Å²) in [5, 5.41) is 0.924. The minimum Gasteiger partial charge on any atom is -0.303 e. The van der Waals surface area contributed by atoms with Crippen LogP contribution in [0.4, 0.5) is 17.2 Å². The number of para-hydroxylation sites is 2. The maximum absolute atomic E-state index is 5.01. The molecule has 0 radical (unpaired) electrons. The van der Waals surface area contributed by atoms with Crippen LogP contribution in [0.5, 0.6) is 0 Å². The molecule has 29 heavy (non-hydrogen) atoms. The number of nitrogens with zero attached hydrogens (tertiary/aromatic N) is 4. The van der Waals surface area contributed by atoms with E-state index in [4.69, 9.17) is 4.99 Å². The minimum absolute atomic E-state index is 0.865. The summed E-state index contributed by atoms with van der Waals surface area (Å²) in [6.45, 7) is 7.56. The summed E-state index contributed by atoms with van der Waals surface area (Å²) in [5.41, 5.74) is 1.99. The molecule has 0 amide bonds. The SMILES string of the molecule is CCN(CC)CCSC(=Nc1ccccc1)N(c1ccccc1)c1ccccn1. The van der Waals surface area contributed by atoms with Crippen molar-refractivity contribution in [2.75, 3.05) is 30.3 Å². The predicted octanol–water partition coefficient (Wildman–Crippen LogP) is 5.98. The van der Waals surface area contributed by atoms with Gasteiger partial charge in [0.1, 0.15) is 5.82 Å². The van der Waals surface area contributed by atoms with Gasteiger partial charge in [-0.1, -0.05) is 68.1 Å². The second kappa shape index (κ2) is 11.4. The lowest BCUT2D eigenvalue weighted by atomic mass is 10.3. The normalized spacial score (nSPS) is 11.6. The minimum atomic E-state index is 0.865. The molecule has 0 saturated heterocycles. The van der Waals surface area contributed by atoms with Gasteiger partial charge >= 0.3 is 0 Å². The van der Waals surface area contributed by atoms with Crippen LogP contribution in [0.15, 0.2) is 90.1 Å². The third kappa shape index (κ3) is 6.17. The number of thioether (sulfide) groups is 1. The first kappa shape index (κ1) is 21.1. The van der Waals surface area contributed by atoms with Crippen molar-refractivity contribution >= 4 is 34.1 Å². The van der Waals surface area contributed by atoms with Crippen LogP contribution in [-0.2, 0) is 0 Å². The molecule has 0 fully saturated rings. The van der Waals surface area contributed by atoms with Gasteiger partial charge < -0.3 is 4.90 Å². The van der Waals surface area contributed by atoms with Gasteiger partial charge in [-0.05, 0) is 49.5 Å². The molecule has 1 aromatic heterocycles. The highest BCUT2D eigenvalue weighted by Gasteiger charge is 2.18. The molecule has 0 aliphatic rings. The Bertz CT molecular complexity index is 826. The molecule has 0 aliphatic carbocycles. The van der Waals surface area contributed by atoms with Crippen LogP contribution in [-0.4, -0.2) is 40.4 Å². The highest BCUT2D eigenvalue weighted by atomic mass is 32.2. The molecule has 0 bridgehead atoms. The predicted molar refractivity (Wildman–Crippen MR) is 127 cm³/mol. The highest BCUT2D eigenvalue weighted by Crippen LogP contribution is 2.29. The summed E-state index contributed by atoms with van der Waals surface area (Å²) in [7, 11) is 0. The van der Waals surface area contributed by atoms with Gasteiger partial charge in [0, 0.05) is 24.2 Å². The third-order valence-electron chi connectivity index (χ3n) is 4.60. The summed E-state index contributed by atoms with van der Waals surface area (Å²) >= 11 is 1.77. The number of amidine groups is 1. The maximum atomic E-state index is 5.01. The van der Waals surface area contributed by atoms with E-state index >= 15 is 0 Å². The van der Waals surface area contributed by atoms with E-state index in [-0.39, 0.29) is 0 Å². The molecule has 150 valence electrons. The molecule has 0 aliphatic heterocycles. The van der Waals surface area contributed by atoms with Gasteiger partial charge in [-0.25, -0.2) is 9.98 Å². The van der Waals surface area contributed by atoms with E-state index in [1.54, 1.807) is 11.8 Å². The molecule has 5 heteroatoms. The fourth-order valence-corrected chi connectivity index (χ4v) is 4.00. The summed E-state index contributed by atoms with van der Waals surface area (Å²) in [4.78, 5) is 14.2. The number of anilines is 2. The van der Waals surface area contributed by atoms with Gasteiger partial charge in [0.05, 0.1) is 5.69 Å². The van der Waals surface area contributed by atoms with Crippen LogP contribution in [0, 0.1) is 0 Å². The number of benzene rings is 2. The topological polar surface area (TPSA) is 31.7 Å². The van der Waals surface area contributed by atoms with Gasteiger partial charge in [-0.15, -0.1) is 0 Å². The zero-order valence-corrected chi connectivity index (χ0v) is 17.9. The fraction of sp³-hybridized carbons (Fsp3) is 0.250. The van der Waals surface area contributed by atoms with E-state index in [0.717, 1.165) is 47.7 Å². The first-order valence-electron chi connectivity index (χ1n) is 10.1. The average molecular weight is 405 g/mol. The molecule has 0 saturated carbocycles. The largest absolute Gasteiger partial charge is 0.303 e. The van der Waals surface area contributed by atoms with Crippen molar-refractivity contribution in [3.05, 3.63) is 85.1 Å². The number of rotatable bonds is 8. The quantitative estimate of drug-likeness (QED) is 0.341. The smallest absolute Gasteiger partial charge is 0.174 e. The first-order valence-corrected chi connectivity index (χ1v) is 11.1. The first-order chi connectivity index (χ1) is 14.3. The molecular formula is C24H28N4S. The number of hydrogen-bond acceptors (Lipinski definition) is 4. The molecule has 3 aromatic rings. The number of aromatic nitrogens is 1. The van der Waals surface area contributed by atoms with Gasteiger partial charge in [0.15, 0.2) is 5.17 Å². The van der Waals surface area contributed by atoms with Crippen molar-refractivity contribution in [2.24, 2.45) is 4.99 Å². The van der Waals surface area contributed by atoms with E-state index in [9.17, 15) is 0 Å². The average Bonchev–Trinajstić information content (AvgIpc) is 2.79. The van der Waals surface area contributed by atoms with Crippen LogP contribution in [0.2, 0.25) is 0 Å². The van der Waals surface area contributed by atoms with E-state index in [0.29, 0.717) is 0 Å². The molecule has 3 rings (SSSR count). The van der Waals surface area contributed by atoms with Crippen LogP contribution >= 0.6 is 11.8 Å². The Morgan fingerprint density at radius 2 is 1.52 bits per heavy atom. The Morgan fingerprint density at radius 1 is 0.862 bits per heavy atom. The molecule has 0 spiro atoms. The fourth-order valence-electron chi connectivity index (χ4n) is 2.97. The lowest BCUT2D eigenvalue weighted by Crippen LogP contribution is -2.28. The zero-order chi connectivity index (χ0) is 20.3. The molecule has 2 aromatic carbocycles. The molecule has 0 atom stereocenters. The summed E-state index contributed by atoms with van der Waals surface area (Å²) in [6.07, 6.45) is 1.83. The lowest BCUT2D eigenvalue weighted by Gasteiger charge is -2.26. The number of aliphatic imine (C=N–C) groups is 1. The molecule has 0 N–H and O–H groups in total. The van der Waals surface area contributed by atoms with E-state index in [2.05, 4.69) is 40.8 Å². The van der Waals surface area contributed by atoms with Gasteiger partial charge in [0.2, 0.25) is 0 Å². The van der Waals surface area contributed by atoms with Crippen molar-refractivity contribution in [3.8, 4) is 0 Å². The van der Waals surface area contributed by atoms with Gasteiger partial charge in [-0.3, -0.25) is 4.90 Å². The van der Waals surface area contributed by atoms with Crippen molar-refractivity contribution in [1.29, 1.82) is 0 Å². The molecular weight excluding hydrogens is 376 g/mol. The van der Waals surface area contributed by atoms with E-state index in [1.165, 1.54) is 0 Å². The molecule has 0 unspecified atom stereocenters. The van der Waals surface area contributed by atoms with Crippen LogP contribution in [0.25, 0.3) is 0 Å². The Balaban J connectivity index is 1.97. The molecule has 1 heterocycles. The Kier molecular flexibility index (Phi) is 8.28. The maximum Gasteiger partial charge on any atom is 0.174 e. The Morgan fingerprint density at radius 3 is 2.14 bits per heavy atom. The van der Waals surface area contributed by atoms with Gasteiger partial charge in [-0.2, -0.15) is 0 Å². The highest BCUT2D eigenvalue weighted by molar-refractivity contribution is 8.14. The Hall–Kier alpha value is -2.63. The van der Waals surface area contributed by atoms with E-state index in [1.807, 2.05) is 72.9 Å². The summed E-state index contributed by atoms with van der Waals surface area (Å²) < 4.78 is 0. The lowest BCUT2D eigenvalue weighted by molar-refractivity contribution is 0.324. The number of pyridine rings is 1. The second-order valence-electron chi connectivity index (χ2n) is 6.46. The summed E-state index contributed by atoms with van der Waals surface area (Å²) in [5.74, 6) is 1.83. The zero-order valence-electron chi connectivity index (χ0n) is 17.1. The summed E-state index contributed by atoms with van der Waals surface area (Å²) in [6, 6.07) is 26.4.